The predicted molar refractivity (Wildman–Crippen MR) is 68.8 cm³/mol. The lowest BCUT2D eigenvalue weighted by atomic mass is 10.2. The van der Waals surface area contributed by atoms with Gasteiger partial charge in [-0.1, -0.05) is 22.9 Å². The van der Waals surface area contributed by atoms with E-state index in [4.69, 9.17) is 0 Å². The molecule has 0 aromatic heterocycles. The molecule has 90 valence electrons. The Bertz CT molecular complexity index is 358. The van der Waals surface area contributed by atoms with Gasteiger partial charge < -0.3 is 0 Å². The third-order valence-corrected chi connectivity index (χ3v) is 3.34. The third kappa shape index (κ3) is 3.50. The Balaban J connectivity index is 2.90. The molecule has 1 aromatic rings. The predicted octanol–water partition coefficient (Wildman–Crippen LogP) is 3.94. The highest BCUT2D eigenvalue weighted by Gasteiger charge is 2.14. The van der Waals surface area contributed by atoms with E-state index in [0.717, 1.165) is 18.4 Å². The summed E-state index contributed by atoms with van der Waals surface area (Å²) in [5.41, 5.74) is 0.122. The monoisotopic (exact) mass is 355 g/mol. The fourth-order valence-electron chi connectivity index (χ4n) is 1.41. The van der Waals surface area contributed by atoms with Crippen LogP contribution in [0.15, 0.2) is 16.6 Å². The summed E-state index contributed by atoms with van der Waals surface area (Å²) >= 11 is 6.38. The van der Waals surface area contributed by atoms with E-state index >= 15 is 0 Å². The van der Waals surface area contributed by atoms with E-state index < -0.39 is 11.6 Å². The van der Waals surface area contributed by atoms with Crippen molar-refractivity contribution in [1.29, 1.82) is 0 Å². The maximum absolute atomic E-state index is 13.7. The van der Waals surface area contributed by atoms with Crippen LogP contribution in [0.3, 0.4) is 0 Å². The summed E-state index contributed by atoms with van der Waals surface area (Å²) in [6.45, 7) is 3.79. The van der Waals surface area contributed by atoms with E-state index in [1.165, 1.54) is 12.1 Å². The molecule has 5 heteroatoms. The van der Waals surface area contributed by atoms with Gasteiger partial charge in [0.05, 0.1) is 4.47 Å². The molecule has 0 saturated heterocycles. The van der Waals surface area contributed by atoms with Gasteiger partial charge in [-0.3, -0.25) is 4.90 Å². The second-order valence-electron chi connectivity index (χ2n) is 3.38. The van der Waals surface area contributed by atoms with Crippen LogP contribution in [-0.4, -0.2) is 23.3 Å². The summed E-state index contributed by atoms with van der Waals surface area (Å²) in [5.74, 6) is -0.998. The van der Waals surface area contributed by atoms with Gasteiger partial charge in [-0.25, -0.2) is 8.78 Å². The van der Waals surface area contributed by atoms with Crippen LogP contribution >= 0.6 is 31.9 Å². The van der Waals surface area contributed by atoms with Gasteiger partial charge in [0.25, 0.3) is 0 Å². The van der Waals surface area contributed by atoms with Crippen molar-refractivity contribution in [1.82, 2.24) is 4.90 Å². The van der Waals surface area contributed by atoms with Crippen molar-refractivity contribution in [3.05, 3.63) is 33.8 Å². The number of hydrogen-bond acceptors (Lipinski definition) is 1. The quantitative estimate of drug-likeness (QED) is 0.570. The number of alkyl halides is 1. The number of benzene rings is 1. The van der Waals surface area contributed by atoms with Crippen LogP contribution in [0.2, 0.25) is 0 Å². The Labute approximate surface area is 111 Å². The first-order chi connectivity index (χ1) is 7.60. The van der Waals surface area contributed by atoms with E-state index in [-0.39, 0.29) is 5.56 Å². The number of rotatable bonds is 5. The normalized spacial score (nSPS) is 11.1. The van der Waals surface area contributed by atoms with Gasteiger partial charge in [-0.15, -0.1) is 0 Å². The van der Waals surface area contributed by atoms with Crippen molar-refractivity contribution < 1.29 is 8.78 Å². The standard InChI is InChI=1S/C11H13Br2F2N/c1-2-16(6-5-12)7-8-10(14)4-3-9(13)11(8)15/h3-4H,2,5-7H2,1H3. The maximum Gasteiger partial charge on any atom is 0.144 e. The Morgan fingerprint density at radius 3 is 2.56 bits per heavy atom. The van der Waals surface area contributed by atoms with Gasteiger partial charge in [-0.05, 0) is 34.6 Å². The first kappa shape index (κ1) is 14.1. The van der Waals surface area contributed by atoms with Crippen LogP contribution in [-0.2, 0) is 6.54 Å². The van der Waals surface area contributed by atoms with E-state index in [1.54, 1.807) is 0 Å². The van der Waals surface area contributed by atoms with Gasteiger partial charge in [-0.2, -0.15) is 0 Å². The number of halogens is 4. The molecule has 0 amide bonds. The van der Waals surface area contributed by atoms with Crippen LogP contribution in [0.4, 0.5) is 8.78 Å². The molecule has 16 heavy (non-hydrogen) atoms. The van der Waals surface area contributed by atoms with Crippen LogP contribution < -0.4 is 0 Å². The fourth-order valence-corrected chi connectivity index (χ4v) is 2.28. The Morgan fingerprint density at radius 1 is 1.31 bits per heavy atom. The number of hydrogen-bond donors (Lipinski definition) is 0. The lowest BCUT2D eigenvalue weighted by Crippen LogP contribution is -2.26. The first-order valence-corrected chi connectivity index (χ1v) is 6.92. The first-order valence-electron chi connectivity index (χ1n) is 5.00. The molecule has 1 aromatic carbocycles. The summed E-state index contributed by atoms with van der Waals surface area (Å²) in [5, 5.41) is 0.790. The zero-order chi connectivity index (χ0) is 12.1. The van der Waals surface area contributed by atoms with E-state index in [2.05, 4.69) is 31.9 Å². The average Bonchev–Trinajstić information content (AvgIpc) is 2.28. The molecule has 0 aliphatic heterocycles. The molecule has 0 aliphatic rings. The largest absolute Gasteiger partial charge is 0.298 e. The SMILES string of the molecule is CCN(CCBr)Cc1c(F)ccc(Br)c1F. The molecule has 0 heterocycles. The molecule has 0 unspecified atom stereocenters. The van der Waals surface area contributed by atoms with Crippen molar-refractivity contribution in [3.63, 3.8) is 0 Å². The molecule has 0 fully saturated rings. The van der Waals surface area contributed by atoms with Crippen LogP contribution in [0.5, 0.6) is 0 Å². The van der Waals surface area contributed by atoms with Crippen molar-refractivity contribution >= 4 is 31.9 Å². The molecule has 0 radical (unpaired) electrons. The maximum atomic E-state index is 13.7. The van der Waals surface area contributed by atoms with E-state index in [0.29, 0.717) is 11.0 Å². The molecule has 1 rings (SSSR count). The van der Waals surface area contributed by atoms with Gasteiger partial charge in [0.1, 0.15) is 11.6 Å². The molecular formula is C11H13Br2F2N. The zero-order valence-corrected chi connectivity index (χ0v) is 12.1. The van der Waals surface area contributed by atoms with Crippen LogP contribution in [0.1, 0.15) is 12.5 Å². The highest BCUT2D eigenvalue weighted by Crippen LogP contribution is 2.22. The van der Waals surface area contributed by atoms with Crippen molar-refractivity contribution in [2.75, 3.05) is 18.4 Å². The summed E-state index contributed by atoms with van der Waals surface area (Å²) < 4.78 is 27.4. The molecule has 1 nitrogen and oxygen atoms in total. The molecular weight excluding hydrogens is 344 g/mol. The van der Waals surface area contributed by atoms with Crippen LogP contribution in [0.25, 0.3) is 0 Å². The van der Waals surface area contributed by atoms with Gasteiger partial charge in [0.15, 0.2) is 0 Å². The molecule has 0 atom stereocenters. The van der Waals surface area contributed by atoms with E-state index in [9.17, 15) is 8.78 Å². The Morgan fingerprint density at radius 2 is 2.00 bits per heavy atom. The topological polar surface area (TPSA) is 3.24 Å². The Hall–Kier alpha value is -0.0000000000000000555. The third-order valence-electron chi connectivity index (χ3n) is 2.37. The van der Waals surface area contributed by atoms with Gasteiger partial charge in [0.2, 0.25) is 0 Å². The second kappa shape index (κ2) is 6.67. The Kier molecular flexibility index (Phi) is 5.86. The average molecular weight is 357 g/mol. The van der Waals surface area contributed by atoms with Gasteiger partial charge in [0, 0.05) is 24.0 Å². The molecule has 0 bridgehead atoms. The highest BCUT2D eigenvalue weighted by atomic mass is 79.9. The summed E-state index contributed by atoms with van der Waals surface area (Å²) in [4.78, 5) is 1.97. The molecule has 0 saturated carbocycles. The smallest absolute Gasteiger partial charge is 0.144 e. The van der Waals surface area contributed by atoms with Gasteiger partial charge >= 0.3 is 0 Å². The summed E-state index contributed by atoms with van der Waals surface area (Å²) in [7, 11) is 0. The minimum Gasteiger partial charge on any atom is -0.298 e. The minimum absolute atomic E-state index is 0.122. The number of nitrogens with zero attached hydrogens (tertiary/aromatic N) is 1. The molecule has 0 spiro atoms. The second-order valence-corrected chi connectivity index (χ2v) is 5.03. The van der Waals surface area contributed by atoms with Crippen molar-refractivity contribution in [2.24, 2.45) is 0 Å². The zero-order valence-electron chi connectivity index (χ0n) is 8.94. The van der Waals surface area contributed by atoms with Crippen molar-refractivity contribution in [3.8, 4) is 0 Å². The van der Waals surface area contributed by atoms with Crippen molar-refractivity contribution in [2.45, 2.75) is 13.5 Å². The fraction of sp³-hybridized carbons (Fsp3) is 0.455. The lowest BCUT2D eigenvalue weighted by Gasteiger charge is -2.20. The minimum atomic E-state index is -0.506. The molecule has 0 aliphatic carbocycles. The highest BCUT2D eigenvalue weighted by molar-refractivity contribution is 9.10. The summed E-state index contributed by atoms with van der Waals surface area (Å²) in [6.07, 6.45) is 0. The molecule has 0 N–H and O–H groups in total. The van der Waals surface area contributed by atoms with E-state index in [1.807, 2.05) is 11.8 Å². The van der Waals surface area contributed by atoms with Crippen LogP contribution in [0, 0.1) is 11.6 Å². The lowest BCUT2D eigenvalue weighted by molar-refractivity contribution is 0.288. The summed E-state index contributed by atoms with van der Waals surface area (Å²) in [6, 6.07) is 2.67.